The van der Waals surface area contributed by atoms with Crippen molar-refractivity contribution in [2.75, 3.05) is 24.5 Å². The minimum absolute atomic E-state index is 0.337. The molecular formula is C10H22S. The molecule has 0 spiro atoms. The Balaban J connectivity index is 3.97. The van der Waals surface area contributed by atoms with Gasteiger partial charge in [-0.2, -0.15) is 0 Å². The normalized spacial score (nSPS) is 15.7. The lowest BCUT2D eigenvalue weighted by molar-refractivity contribution is 0.822. The predicted octanol–water partition coefficient (Wildman–Crippen LogP) is 3.28. The molecule has 0 aliphatic rings. The van der Waals surface area contributed by atoms with Gasteiger partial charge in [-0.05, 0) is 37.4 Å². The predicted molar refractivity (Wildman–Crippen MR) is 58.8 cm³/mol. The molecule has 0 amide bonds. The van der Waals surface area contributed by atoms with E-state index in [0.29, 0.717) is 5.92 Å². The average Bonchev–Trinajstić information content (AvgIpc) is 1.53. The fraction of sp³-hybridized carbons (Fsp3) is 0.800. The molecular weight excluding hydrogens is 152 g/mol. The molecule has 0 aromatic rings. The van der Waals surface area contributed by atoms with E-state index < -0.39 is 0 Å². The zero-order valence-corrected chi connectivity index (χ0v) is 9.59. The molecule has 0 aromatic heterocycles. The molecule has 0 radical (unpaired) electrons. The molecule has 11 heavy (non-hydrogen) atoms. The quantitative estimate of drug-likeness (QED) is 0.576. The van der Waals surface area contributed by atoms with E-state index in [4.69, 9.17) is 0 Å². The summed E-state index contributed by atoms with van der Waals surface area (Å²) < 4.78 is 0. The van der Waals surface area contributed by atoms with Crippen LogP contribution in [0.4, 0.5) is 0 Å². The second-order valence-electron chi connectivity index (χ2n) is 4.49. The third-order valence-electron chi connectivity index (χ3n) is 1.28. The van der Waals surface area contributed by atoms with Crippen molar-refractivity contribution >= 4 is 10.0 Å². The highest BCUT2D eigenvalue weighted by Gasteiger charge is 2.04. The van der Waals surface area contributed by atoms with Crippen LogP contribution < -0.4 is 0 Å². The molecule has 0 aromatic carbocycles. The van der Waals surface area contributed by atoms with Crippen LogP contribution in [0.1, 0.15) is 20.8 Å². The second kappa shape index (κ2) is 4.20. The monoisotopic (exact) mass is 174 g/mol. The van der Waals surface area contributed by atoms with Crippen molar-refractivity contribution in [1.29, 1.82) is 0 Å². The molecule has 1 heteroatoms. The van der Waals surface area contributed by atoms with Gasteiger partial charge >= 0.3 is 0 Å². The van der Waals surface area contributed by atoms with Gasteiger partial charge in [-0.3, -0.25) is 0 Å². The Morgan fingerprint density at radius 3 is 2.00 bits per heavy atom. The Morgan fingerprint density at radius 2 is 1.73 bits per heavy atom. The first-order chi connectivity index (χ1) is 4.81. The fourth-order valence-corrected chi connectivity index (χ4v) is 2.76. The lowest BCUT2D eigenvalue weighted by Crippen LogP contribution is -2.00. The first-order valence-electron chi connectivity index (χ1n) is 4.14. The summed E-state index contributed by atoms with van der Waals surface area (Å²) in [5, 5.41) is 0. The lowest BCUT2D eigenvalue weighted by Gasteiger charge is -2.25. The summed E-state index contributed by atoms with van der Waals surface area (Å²) in [5.41, 5.74) is 1.56. The van der Waals surface area contributed by atoms with E-state index in [1.165, 1.54) is 5.75 Å². The zero-order valence-electron chi connectivity index (χ0n) is 8.77. The number of rotatable bonds is 3. The molecule has 0 unspecified atom stereocenters. The van der Waals surface area contributed by atoms with Gasteiger partial charge in [0.05, 0.1) is 0 Å². The van der Waals surface area contributed by atoms with E-state index in [0.717, 1.165) is 0 Å². The van der Waals surface area contributed by atoms with Gasteiger partial charge in [-0.15, -0.1) is 0 Å². The molecule has 0 heterocycles. The van der Waals surface area contributed by atoms with E-state index in [2.05, 4.69) is 45.6 Å². The summed E-state index contributed by atoms with van der Waals surface area (Å²) in [6, 6.07) is 0. The molecule has 0 rings (SSSR count). The second-order valence-corrected chi connectivity index (χ2v) is 8.96. The molecule has 0 aliphatic carbocycles. The molecule has 0 fully saturated rings. The van der Waals surface area contributed by atoms with Crippen LogP contribution in [0.15, 0.2) is 11.6 Å². The van der Waals surface area contributed by atoms with E-state index >= 15 is 0 Å². The molecule has 0 saturated heterocycles. The van der Waals surface area contributed by atoms with Crippen molar-refractivity contribution in [3.8, 4) is 0 Å². The lowest BCUT2D eigenvalue weighted by atomic mass is 10.1. The van der Waals surface area contributed by atoms with Crippen LogP contribution in [0, 0.1) is 5.92 Å². The van der Waals surface area contributed by atoms with Crippen LogP contribution in [0.3, 0.4) is 0 Å². The Hall–Kier alpha value is 0.0900. The van der Waals surface area contributed by atoms with Crippen LogP contribution in [0.5, 0.6) is 0 Å². The average molecular weight is 174 g/mol. The molecule has 68 valence electrons. The van der Waals surface area contributed by atoms with E-state index in [-0.39, 0.29) is 10.0 Å². The van der Waals surface area contributed by atoms with Gasteiger partial charge in [0.2, 0.25) is 0 Å². The van der Waals surface area contributed by atoms with Gasteiger partial charge in [0.15, 0.2) is 0 Å². The molecule has 0 aliphatic heterocycles. The Kier molecular flexibility index (Phi) is 4.23. The van der Waals surface area contributed by atoms with Crippen molar-refractivity contribution in [3.63, 3.8) is 0 Å². The highest BCUT2D eigenvalue weighted by molar-refractivity contribution is 8.32. The van der Waals surface area contributed by atoms with Crippen molar-refractivity contribution in [2.24, 2.45) is 5.92 Å². The standard InChI is InChI=1S/C10H22S/c1-9(2)7-10(3)8-11(4,5)6/h7,9H,8H2,1-6H3/b10-7-. The molecule has 0 nitrogen and oxygen atoms in total. The minimum atomic E-state index is -0.337. The van der Waals surface area contributed by atoms with Crippen molar-refractivity contribution in [3.05, 3.63) is 11.6 Å². The first-order valence-corrected chi connectivity index (χ1v) is 7.17. The summed E-state index contributed by atoms with van der Waals surface area (Å²) in [4.78, 5) is 0. The van der Waals surface area contributed by atoms with Crippen molar-refractivity contribution in [2.45, 2.75) is 20.8 Å². The Labute approximate surface area is 73.4 Å². The summed E-state index contributed by atoms with van der Waals surface area (Å²) in [7, 11) is -0.337. The smallest absolute Gasteiger partial charge is 0.00263 e. The van der Waals surface area contributed by atoms with Gasteiger partial charge in [0.25, 0.3) is 0 Å². The summed E-state index contributed by atoms with van der Waals surface area (Å²) in [5.74, 6) is 2.00. The maximum absolute atomic E-state index is 2.37. The topological polar surface area (TPSA) is 0 Å². The van der Waals surface area contributed by atoms with E-state index in [1.807, 2.05) is 0 Å². The van der Waals surface area contributed by atoms with Gasteiger partial charge in [0, 0.05) is 0 Å². The Morgan fingerprint density at radius 1 is 1.27 bits per heavy atom. The largest absolute Gasteiger partial charge is 0.246 e. The van der Waals surface area contributed by atoms with Crippen molar-refractivity contribution in [1.82, 2.24) is 0 Å². The van der Waals surface area contributed by atoms with Gasteiger partial charge < -0.3 is 0 Å². The maximum atomic E-state index is 2.37. The number of hydrogen-bond acceptors (Lipinski definition) is 0. The number of hydrogen-bond donors (Lipinski definition) is 0. The summed E-state index contributed by atoms with van der Waals surface area (Å²) in [6.07, 6.45) is 9.47. The molecule has 0 bridgehead atoms. The number of allylic oxidation sites excluding steroid dienone is 1. The van der Waals surface area contributed by atoms with Crippen LogP contribution >= 0.6 is 10.0 Å². The van der Waals surface area contributed by atoms with Crippen LogP contribution in [0.2, 0.25) is 0 Å². The first kappa shape index (κ1) is 11.1. The van der Waals surface area contributed by atoms with Gasteiger partial charge in [-0.25, -0.2) is 10.0 Å². The third kappa shape index (κ3) is 7.99. The summed E-state index contributed by atoms with van der Waals surface area (Å²) in [6.45, 7) is 6.72. The van der Waals surface area contributed by atoms with Crippen LogP contribution in [-0.4, -0.2) is 24.5 Å². The zero-order chi connectivity index (χ0) is 9.07. The van der Waals surface area contributed by atoms with E-state index in [9.17, 15) is 0 Å². The molecule has 0 atom stereocenters. The fourth-order valence-electron chi connectivity index (χ4n) is 1.30. The van der Waals surface area contributed by atoms with Gasteiger partial charge in [0.1, 0.15) is 0 Å². The minimum Gasteiger partial charge on any atom is -0.246 e. The van der Waals surface area contributed by atoms with Crippen molar-refractivity contribution < 1.29 is 0 Å². The third-order valence-corrected chi connectivity index (χ3v) is 2.60. The van der Waals surface area contributed by atoms with Gasteiger partial charge in [-0.1, -0.05) is 25.5 Å². The summed E-state index contributed by atoms with van der Waals surface area (Å²) >= 11 is 0. The molecule has 0 saturated carbocycles. The highest BCUT2D eigenvalue weighted by Crippen LogP contribution is 2.36. The van der Waals surface area contributed by atoms with Crippen LogP contribution in [-0.2, 0) is 0 Å². The van der Waals surface area contributed by atoms with Crippen LogP contribution in [0.25, 0.3) is 0 Å². The van der Waals surface area contributed by atoms with E-state index in [1.54, 1.807) is 5.57 Å². The highest BCUT2D eigenvalue weighted by atomic mass is 32.3. The Bertz CT molecular complexity index is 137. The molecule has 0 N–H and O–H groups in total. The maximum Gasteiger partial charge on any atom is -0.00263 e. The SMILES string of the molecule is C/C(=C/C(C)C)CS(C)(C)C.